The van der Waals surface area contributed by atoms with Crippen LogP contribution in [0.15, 0.2) is 60.8 Å². The second-order valence-electron chi connectivity index (χ2n) is 12.7. The summed E-state index contributed by atoms with van der Waals surface area (Å²) in [5.41, 5.74) is 5.31. The molecule has 0 amide bonds. The molecule has 0 aromatic heterocycles. The zero-order chi connectivity index (χ0) is 38.5. The van der Waals surface area contributed by atoms with Gasteiger partial charge in [-0.3, -0.25) is 23.4 Å². The van der Waals surface area contributed by atoms with Crippen molar-refractivity contribution in [1.82, 2.24) is 0 Å². The molecule has 0 aliphatic carbocycles. The molecular weight excluding hydrogens is 685 g/mol. The molecule has 298 valence electrons. The first-order valence-corrected chi connectivity index (χ1v) is 20.8. The summed E-state index contributed by atoms with van der Waals surface area (Å²) in [7, 11) is -4.74. The van der Waals surface area contributed by atoms with Crippen LogP contribution in [0.5, 0.6) is 0 Å². The maximum atomic E-state index is 12.5. The van der Waals surface area contributed by atoms with Gasteiger partial charge in [0.15, 0.2) is 6.10 Å². The molecule has 0 heterocycles. The molecule has 0 spiro atoms. The summed E-state index contributed by atoms with van der Waals surface area (Å²) in [6.45, 7) is 2.56. The van der Waals surface area contributed by atoms with E-state index in [1.54, 1.807) is 6.08 Å². The van der Waals surface area contributed by atoms with Crippen LogP contribution in [0.25, 0.3) is 0 Å². The van der Waals surface area contributed by atoms with Crippen LogP contribution in [0.4, 0.5) is 0 Å². The first kappa shape index (κ1) is 49.2. The van der Waals surface area contributed by atoms with Crippen LogP contribution in [0.3, 0.4) is 0 Å². The first-order chi connectivity index (χ1) is 25.1. The highest BCUT2D eigenvalue weighted by Gasteiger charge is 2.28. The molecule has 0 aliphatic rings. The summed E-state index contributed by atoms with van der Waals surface area (Å²) in [5.74, 6) is -2.54. The second-order valence-corrected chi connectivity index (χ2v) is 14.2. The van der Waals surface area contributed by atoms with E-state index in [2.05, 4.69) is 54.8 Å². The number of nitrogens with two attached hydrogens (primary N) is 1. The summed E-state index contributed by atoms with van der Waals surface area (Å²) in [4.78, 5) is 45.7. The Morgan fingerprint density at radius 2 is 1.06 bits per heavy atom. The van der Waals surface area contributed by atoms with Crippen LogP contribution in [-0.2, 0) is 37.5 Å². The molecule has 11 nitrogen and oxygen atoms in total. The molecule has 0 aromatic rings. The van der Waals surface area contributed by atoms with Gasteiger partial charge in [0.05, 0.1) is 19.6 Å². The Balaban J connectivity index is 4.59. The number of aliphatic carboxylic acids is 1. The minimum Gasteiger partial charge on any atom is -0.480 e. The molecule has 52 heavy (non-hydrogen) atoms. The van der Waals surface area contributed by atoms with Crippen LogP contribution < -0.4 is 5.73 Å². The van der Waals surface area contributed by atoms with Crippen molar-refractivity contribution in [2.45, 2.75) is 154 Å². The number of carboxylic acids is 1. The largest absolute Gasteiger partial charge is 0.480 e. The van der Waals surface area contributed by atoms with Crippen LogP contribution in [0.1, 0.15) is 142 Å². The molecule has 12 heteroatoms. The minimum atomic E-state index is -4.74. The van der Waals surface area contributed by atoms with Crippen molar-refractivity contribution in [3.63, 3.8) is 0 Å². The van der Waals surface area contributed by atoms with Crippen molar-refractivity contribution in [3.8, 4) is 0 Å². The number of phosphoric ester groups is 1. The smallest absolute Gasteiger partial charge is 0.472 e. The zero-order valence-corrected chi connectivity index (χ0v) is 32.8. The Bertz CT molecular complexity index is 1120. The number of carbonyl (C=O) groups is 3. The third kappa shape index (κ3) is 34.3. The van der Waals surface area contributed by atoms with Crippen molar-refractivity contribution in [3.05, 3.63) is 60.8 Å². The van der Waals surface area contributed by atoms with E-state index in [4.69, 9.17) is 24.8 Å². The summed E-state index contributed by atoms with van der Waals surface area (Å²) < 4.78 is 32.4. The molecule has 0 radical (unpaired) electrons. The van der Waals surface area contributed by atoms with Gasteiger partial charge < -0.3 is 25.2 Å². The normalized spacial score (nSPS) is 14.5. The van der Waals surface area contributed by atoms with Crippen molar-refractivity contribution < 1.29 is 47.5 Å². The number of phosphoric acid groups is 1. The van der Waals surface area contributed by atoms with Crippen molar-refractivity contribution in [2.75, 3.05) is 19.8 Å². The Morgan fingerprint density at radius 3 is 1.54 bits per heavy atom. The number of rotatable bonds is 35. The van der Waals surface area contributed by atoms with Crippen LogP contribution in [-0.4, -0.2) is 59.9 Å². The number of hydrogen-bond acceptors (Lipinski definition) is 9. The Labute approximate surface area is 313 Å². The number of carboxylic acid groups (broad SMARTS) is 1. The van der Waals surface area contributed by atoms with Gasteiger partial charge in [-0.25, -0.2) is 4.57 Å². The average molecular weight is 754 g/mol. The Morgan fingerprint density at radius 1 is 0.615 bits per heavy atom. The molecule has 0 fully saturated rings. The lowest BCUT2D eigenvalue weighted by atomic mass is 10.0. The maximum absolute atomic E-state index is 12.5. The molecule has 0 aliphatic heterocycles. The van der Waals surface area contributed by atoms with Gasteiger partial charge in [-0.15, -0.1) is 0 Å². The number of carbonyl (C=O) groups excluding carboxylic acids is 2. The highest BCUT2D eigenvalue weighted by atomic mass is 31.2. The summed E-state index contributed by atoms with van der Waals surface area (Å²) in [5, 5.41) is 8.86. The predicted molar refractivity (Wildman–Crippen MR) is 208 cm³/mol. The van der Waals surface area contributed by atoms with Crippen molar-refractivity contribution >= 4 is 25.7 Å². The molecule has 0 aromatic carbocycles. The van der Waals surface area contributed by atoms with Crippen molar-refractivity contribution in [1.29, 1.82) is 0 Å². The van der Waals surface area contributed by atoms with Crippen LogP contribution in [0.2, 0.25) is 0 Å². The fourth-order valence-electron chi connectivity index (χ4n) is 4.79. The van der Waals surface area contributed by atoms with E-state index in [0.29, 0.717) is 12.8 Å². The second kappa shape index (κ2) is 35.2. The minimum absolute atomic E-state index is 0.0717. The predicted octanol–water partition coefficient (Wildman–Crippen LogP) is 9.61. The number of esters is 2. The highest BCUT2D eigenvalue weighted by molar-refractivity contribution is 7.47. The molecule has 0 saturated heterocycles. The van der Waals surface area contributed by atoms with E-state index in [1.807, 2.05) is 18.2 Å². The molecule has 0 saturated carbocycles. The highest BCUT2D eigenvalue weighted by Crippen LogP contribution is 2.43. The lowest BCUT2D eigenvalue weighted by molar-refractivity contribution is -0.160. The van der Waals surface area contributed by atoms with Gasteiger partial charge in [0.1, 0.15) is 12.6 Å². The summed E-state index contributed by atoms with van der Waals surface area (Å²) in [6.07, 6.45) is 38.9. The lowest BCUT2D eigenvalue weighted by Crippen LogP contribution is -2.34. The fraction of sp³-hybridized carbons (Fsp3) is 0.675. The van der Waals surface area contributed by atoms with E-state index in [9.17, 15) is 23.8 Å². The average Bonchev–Trinajstić information content (AvgIpc) is 3.12. The number of ether oxygens (including phenoxy) is 2. The molecular formula is C40H68NO10P. The molecule has 0 bridgehead atoms. The standard InChI is InChI=1S/C40H68NO10P/c1-3-5-7-9-11-13-15-17-18-20-22-24-26-28-30-32-39(43)51-36(34-49-52(46,47)50-35-37(41)40(44)45)33-48-38(42)31-29-27-25-23-21-19-16-14-12-10-8-6-4-2/h5,7,11,13,17-18,22,24,28,30,36-37H,3-4,6,8-10,12,14-16,19-21,23,25-27,29,31-35,41H2,1-2H3,(H,44,45)(H,46,47)/b7-5-,13-11-,18-17-,24-22-,30-28-. The SMILES string of the molecule is CC/C=C\C/C=C\C/C=C\C/C=C\C/C=C\CC(=O)OC(COC(=O)CCCCCCCCCCCCCCC)COP(=O)(O)OCC(N)C(=O)O. The van der Waals surface area contributed by atoms with Gasteiger partial charge in [-0.05, 0) is 38.5 Å². The first-order valence-electron chi connectivity index (χ1n) is 19.3. The Hall–Kier alpha value is -2.82. The van der Waals surface area contributed by atoms with Crippen molar-refractivity contribution in [2.24, 2.45) is 5.73 Å². The third-order valence-electron chi connectivity index (χ3n) is 7.81. The third-order valence-corrected chi connectivity index (χ3v) is 8.76. The maximum Gasteiger partial charge on any atom is 0.472 e. The number of hydrogen-bond donors (Lipinski definition) is 3. The van der Waals surface area contributed by atoms with Gasteiger partial charge in [-0.2, -0.15) is 0 Å². The van der Waals surface area contributed by atoms with E-state index in [0.717, 1.165) is 44.9 Å². The van der Waals surface area contributed by atoms with E-state index >= 15 is 0 Å². The zero-order valence-electron chi connectivity index (χ0n) is 31.9. The van der Waals surface area contributed by atoms with Crippen LogP contribution >= 0.6 is 7.82 Å². The van der Waals surface area contributed by atoms with Gasteiger partial charge in [-0.1, -0.05) is 152 Å². The topological polar surface area (TPSA) is 172 Å². The lowest BCUT2D eigenvalue weighted by Gasteiger charge is -2.20. The van der Waals surface area contributed by atoms with E-state index in [1.165, 1.54) is 57.8 Å². The van der Waals surface area contributed by atoms with E-state index in [-0.39, 0.29) is 19.4 Å². The fourth-order valence-corrected chi connectivity index (χ4v) is 5.56. The monoisotopic (exact) mass is 753 g/mol. The molecule has 3 atom stereocenters. The summed E-state index contributed by atoms with van der Waals surface area (Å²) in [6, 6.07) is -1.53. The molecule has 4 N–H and O–H groups in total. The molecule has 0 rings (SSSR count). The van der Waals surface area contributed by atoms with E-state index < -0.39 is 51.1 Å². The Kier molecular flexibility index (Phi) is 33.3. The number of allylic oxidation sites excluding steroid dienone is 9. The number of unbranched alkanes of at least 4 members (excludes halogenated alkanes) is 12. The van der Waals surface area contributed by atoms with Gasteiger partial charge in [0.25, 0.3) is 0 Å². The van der Waals surface area contributed by atoms with Gasteiger partial charge >= 0.3 is 25.7 Å². The molecule has 3 unspecified atom stereocenters. The van der Waals surface area contributed by atoms with Gasteiger partial charge in [0.2, 0.25) is 0 Å². The summed E-state index contributed by atoms with van der Waals surface area (Å²) >= 11 is 0. The quantitative estimate of drug-likeness (QED) is 0.0244. The van der Waals surface area contributed by atoms with Crippen LogP contribution in [0, 0.1) is 0 Å². The van der Waals surface area contributed by atoms with Gasteiger partial charge in [0, 0.05) is 6.42 Å².